The van der Waals surface area contributed by atoms with Crippen LogP contribution in [0.2, 0.25) is 0 Å². The summed E-state index contributed by atoms with van der Waals surface area (Å²) in [6, 6.07) is 25.2. The molecule has 7 heterocycles. The van der Waals surface area contributed by atoms with Crippen molar-refractivity contribution in [3.63, 3.8) is 0 Å². The molecule has 0 bridgehead atoms. The number of azide groups is 1. The summed E-state index contributed by atoms with van der Waals surface area (Å²) in [5, 5.41) is 6.06. The maximum Gasteiger partial charge on any atom is 0.501 e. The van der Waals surface area contributed by atoms with E-state index in [9.17, 15) is 42.0 Å². The van der Waals surface area contributed by atoms with Gasteiger partial charge >= 0.3 is 34.3 Å². The number of ether oxygens (including phenoxy) is 13. The number of methoxy groups -OCH3 is 2. The third kappa shape index (κ3) is 21.2. The first-order chi connectivity index (χ1) is 55.3. The van der Waals surface area contributed by atoms with E-state index in [0.717, 1.165) is 84.7 Å². The maximum atomic E-state index is 14.2. The number of furan rings is 2. The zero-order chi connectivity index (χ0) is 81.5. The summed E-state index contributed by atoms with van der Waals surface area (Å²) in [5.74, 6) is -3.14. The molecular formula is C79H86N9O26S+. The first-order valence-corrected chi connectivity index (χ1v) is 37.9. The fraction of sp³-hybridized carbons (Fsp3) is 0.405. The minimum Gasteiger partial charge on any atom is -0.493 e. The highest BCUT2D eigenvalue weighted by Crippen LogP contribution is 2.43. The van der Waals surface area contributed by atoms with Gasteiger partial charge in [0.25, 0.3) is 17.7 Å². The van der Waals surface area contributed by atoms with Crippen LogP contribution < -0.4 is 37.4 Å². The Hall–Kier alpha value is -12.1. The summed E-state index contributed by atoms with van der Waals surface area (Å²) in [7, 11) is 1.81. The molecule has 3 amide bonds. The van der Waals surface area contributed by atoms with Crippen molar-refractivity contribution in [2.24, 2.45) is 15.1 Å². The molecule has 0 radical (unpaired) electrons. The predicted molar refractivity (Wildman–Crippen MR) is 404 cm³/mol. The van der Waals surface area contributed by atoms with Crippen molar-refractivity contribution in [1.82, 2.24) is 15.1 Å². The fourth-order valence-corrected chi connectivity index (χ4v) is 14.5. The Morgan fingerprint density at radius 2 is 1.12 bits per heavy atom. The number of fused-ring (bicyclic) bond motifs is 6. The second kappa shape index (κ2) is 37.3. The lowest BCUT2D eigenvalue weighted by molar-refractivity contribution is -0.916. The van der Waals surface area contributed by atoms with Crippen molar-refractivity contribution in [2.75, 3.05) is 87.7 Å². The lowest BCUT2D eigenvalue weighted by Gasteiger charge is -2.43. The molecular weight excluding hydrogens is 1520 g/mol. The van der Waals surface area contributed by atoms with Gasteiger partial charge in [-0.2, -0.15) is 0 Å². The lowest BCUT2D eigenvalue weighted by atomic mass is 9.98. The molecule has 12 rings (SSSR count). The summed E-state index contributed by atoms with van der Waals surface area (Å²) < 4.78 is 127. The number of rotatable bonds is 36. The molecule has 5 aliphatic rings. The Morgan fingerprint density at radius 3 is 1.67 bits per heavy atom. The number of hydrogen-bond donors (Lipinski definition) is 1. The van der Waals surface area contributed by atoms with Gasteiger partial charge in [0.15, 0.2) is 46.7 Å². The van der Waals surface area contributed by atoms with Crippen molar-refractivity contribution in [3.8, 4) is 40.2 Å². The standard InChI is InChI=1S/C79H85N9O26S/c1-46(89)105-45-72-73(108-47(2)90)74(109-48(3)91)75(110-49(4)92)79(112-72)111-64-14-11-54(76(93)81-17-21-100-23-25-102-26-24-101-22-18-84-85-80)30-71(64)114-115(96,97)113-59-12-9-50(10-13-59)41-88(5,6)42-51-27-52(43-106-69-35-62-60(33-67(69)98-7)77(94)86-39-55-15-19-103-65(55)31-57(86)37-82-62)29-53(28-51)44-107-70-36-63-61(34-68(70)99-8)78(95)87-40-56-16-20-104-66(56)32-58(87)38-83-63/h9-16,19-20,27-30,33-38,57-58,72-75,79H,17-18,21-26,31-32,39-45H2,1-8H3/p+1/t57-,58-,72+,73-,74-,75+,79?/m0/s1. The first-order valence-electron chi connectivity index (χ1n) is 36.6. The van der Waals surface area contributed by atoms with Crippen molar-refractivity contribution < 1.29 is 125 Å². The number of esters is 4. The molecule has 0 aliphatic carbocycles. The number of nitrogens with zero attached hydrogens (tertiary/aromatic N) is 8. The average molecular weight is 1610 g/mol. The third-order valence-corrected chi connectivity index (χ3v) is 19.6. The summed E-state index contributed by atoms with van der Waals surface area (Å²) in [5.41, 5.74) is 14.7. The Bertz CT molecular complexity index is 4820. The summed E-state index contributed by atoms with van der Waals surface area (Å²) in [6.07, 6.45) is -0.677. The number of quaternary nitrogens is 1. The molecule has 36 heteroatoms. The van der Waals surface area contributed by atoms with Crippen LogP contribution in [-0.2, 0) is 120 Å². The number of carbonyl (C=O) groups is 7. The van der Waals surface area contributed by atoms with Gasteiger partial charge in [0.2, 0.25) is 12.4 Å². The molecule has 7 atom stereocenters. The van der Waals surface area contributed by atoms with Crippen LogP contribution in [0.15, 0.2) is 134 Å². The zero-order valence-corrected chi connectivity index (χ0v) is 65.0. The number of benzene rings is 5. The molecule has 5 aromatic carbocycles. The highest BCUT2D eigenvalue weighted by molar-refractivity contribution is 7.82. The van der Waals surface area contributed by atoms with Gasteiger partial charge in [0, 0.05) is 111 Å². The zero-order valence-electron chi connectivity index (χ0n) is 64.2. The highest BCUT2D eigenvalue weighted by Gasteiger charge is 2.54. The van der Waals surface area contributed by atoms with Crippen LogP contribution in [0.25, 0.3) is 10.4 Å². The van der Waals surface area contributed by atoms with E-state index < -0.39 is 89.0 Å². The van der Waals surface area contributed by atoms with E-state index in [4.69, 9.17) is 94.3 Å². The van der Waals surface area contributed by atoms with Crippen LogP contribution in [0, 0.1) is 0 Å². The lowest BCUT2D eigenvalue weighted by Crippen LogP contribution is -2.63. The number of hydrogen-bond acceptors (Lipinski definition) is 29. The average Bonchev–Trinajstić information content (AvgIpc) is 1.68. The quantitative estimate of drug-likeness (QED) is 0.00729. The van der Waals surface area contributed by atoms with Crippen LogP contribution in [0.3, 0.4) is 0 Å². The molecule has 7 aromatic rings. The van der Waals surface area contributed by atoms with Crippen LogP contribution in [0.1, 0.15) is 104 Å². The van der Waals surface area contributed by atoms with E-state index >= 15 is 0 Å². The number of carbonyl (C=O) groups excluding carboxylic acids is 7. The largest absolute Gasteiger partial charge is 0.501 e. The maximum absolute atomic E-state index is 14.2. The molecule has 1 fully saturated rings. The Morgan fingerprint density at radius 1 is 0.591 bits per heavy atom. The predicted octanol–water partition coefficient (Wildman–Crippen LogP) is 8.64. The van der Waals surface area contributed by atoms with Crippen molar-refractivity contribution in [3.05, 3.63) is 182 Å². The fourth-order valence-electron chi connectivity index (χ4n) is 13.7. The van der Waals surface area contributed by atoms with Crippen LogP contribution >= 0.6 is 0 Å². The minimum atomic E-state index is -5.20. The topological polar surface area (TPSA) is 410 Å². The van der Waals surface area contributed by atoms with Crippen molar-refractivity contribution >= 4 is 75.8 Å². The second-order valence-corrected chi connectivity index (χ2v) is 29.0. The van der Waals surface area contributed by atoms with Gasteiger partial charge in [-0.05, 0) is 102 Å². The molecule has 1 unspecified atom stereocenters. The monoisotopic (exact) mass is 1610 g/mol. The summed E-state index contributed by atoms with van der Waals surface area (Å²) in [4.78, 5) is 108. The number of amides is 3. The van der Waals surface area contributed by atoms with Gasteiger partial charge in [-0.1, -0.05) is 5.11 Å². The van der Waals surface area contributed by atoms with Gasteiger partial charge in [-0.3, -0.25) is 43.5 Å². The first kappa shape index (κ1) is 82.4. The van der Waals surface area contributed by atoms with Crippen molar-refractivity contribution in [1.29, 1.82) is 0 Å². The normalized spacial score (nSPS) is 18.6. The molecule has 2 aromatic heterocycles. The van der Waals surface area contributed by atoms with E-state index in [1.807, 2.05) is 44.4 Å². The van der Waals surface area contributed by atoms with E-state index in [-0.39, 0.29) is 101 Å². The minimum absolute atomic E-state index is 0.0221. The van der Waals surface area contributed by atoms with E-state index in [2.05, 4.69) is 15.3 Å². The van der Waals surface area contributed by atoms with Gasteiger partial charge in [0.05, 0.1) is 128 Å². The highest BCUT2D eigenvalue weighted by atomic mass is 32.3. The van der Waals surface area contributed by atoms with Crippen molar-refractivity contribution in [2.45, 2.75) is 123 Å². The molecule has 0 spiro atoms. The van der Waals surface area contributed by atoms with Crippen LogP contribution in [0.5, 0.6) is 40.2 Å². The summed E-state index contributed by atoms with van der Waals surface area (Å²) >= 11 is 0. The van der Waals surface area contributed by atoms with E-state index in [1.54, 1.807) is 71.2 Å². The molecule has 608 valence electrons. The molecule has 0 saturated carbocycles. The van der Waals surface area contributed by atoms with Gasteiger partial charge in [-0.15, -0.1) is 8.42 Å². The molecule has 35 nitrogen and oxygen atoms in total. The number of nitrogens with one attached hydrogen (secondary N) is 1. The van der Waals surface area contributed by atoms with Gasteiger partial charge < -0.3 is 98.4 Å². The molecule has 1 N–H and O–H groups in total. The van der Waals surface area contributed by atoms with E-state index in [0.29, 0.717) is 89.0 Å². The van der Waals surface area contributed by atoms with Gasteiger partial charge in [0.1, 0.15) is 56.3 Å². The molecule has 1 saturated heterocycles. The van der Waals surface area contributed by atoms with Crippen LogP contribution in [-0.4, -0.2) is 207 Å². The van der Waals surface area contributed by atoms with Crippen LogP contribution in [0.4, 0.5) is 11.4 Å². The number of aliphatic imine (C=N–C) groups is 2. The van der Waals surface area contributed by atoms with E-state index in [1.165, 1.54) is 32.4 Å². The van der Waals surface area contributed by atoms with Gasteiger partial charge in [-0.25, -0.2) is 0 Å². The second-order valence-electron chi connectivity index (χ2n) is 27.8. The SMILES string of the molecule is COc1cc2c(cc1OCc1cc(COc3cc4c(cc3OC)C(=O)N3Cc5ccoc5C[C@H]3C=N4)cc(C[N+](C)(C)Cc3ccc(OS(=O)(=O)Oc4cc(C(=O)NCCOCCOCCOCCN=[N+]=[N-])ccc4OC4O[C@H](COC(C)=O)[C@H](OC(C)=O)[C@H](OC(C)=O)[C@H]4OC(C)=O)cc3)c1)N=C[C@@H]1Cc3occc3CN1C2=O. The molecule has 5 aliphatic heterocycles. The third-order valence-electron chi connectivity index (χ3n) is 18.8. The molecule has 115 heavy (non-hydrogen) atoms. The Balaban J connectivity index is 0.769. The Labute approximate surface area is 660 Å². The smallest absolute Gasteiger partial charge is 0.493 e. The summed E-state index contributed by atoms with van der Waals surface area (Å²) in [6.45, 7) is 6.42. The Kier molecular flexibility index (Phi) is 26.7.